The highest BCUT2D eigenvalue weighted by molar-refractivity contribution is 9.10. The molecule has 0 radical (unpaired) electrons. The number of nitrogens with zero attached hydrogens (tertiary/aromatic N) is 3. The molecule has 2 rings (SSSR count). The Bertz CT molecular complexity index is 473. The van der Waals surface area contributed by atoms with E-state index < -0.39 is 0 Å². The zero-order valence-electron chi connectivity index (χ0n) is 8.45. The van der Waals surface area contributed by atoms with Crippen molar-refractivity contribution in [3.05, 3.63) is 22.7 Å². The van der Waals surface area contributed by atoms with Crippen molar-refractivity contribution in [3.63, 3.8) is 0 Å². The van der Waals surface area contributed by atoms with Gasteiger partial charge in [-0.25, -0.2) is 9.97 Å². The molecule has 2 aromatic heterocycles. The van der Waals surface area contributed by atoms with Crippen molar-refractivity contribution in [2.24, 2.45) is 7.05 Å². The predicted octanol–water partition coefficient (Wildman–Crippen LogP) is 2.85. The van der Waals surface area contributed by atoms with Crippen LogP contribution in [0.25, 0.3) is 11.0 Å². The van der Waals surface area contributed by atoms with Gasteiger partial charge in [0.1, 0.15) is 10.4 Å². The number of rotatable bonds is 1. The summed E-state index contributed by atoms with van der Waals surface area (Å²) in [5.41, 5.74) is 2.08. The maximum Gasteiger partial charge on any atom is 0.112 e. The van der Waals surface area contributed by atoms with E-state index in [4.69, 9.17) is 0 Å². The van der Waals surface area contributed by atoms with Crippen LogP contribution in [-0.4, -0.2) is 14.5 Å². The fraction of sp³-hybridized carbons (Fsp3) is 0.400. The van der Waals surface area contributed by atoms with Crippen molar-refractivity contribution in [2.45, 2.75) is 19.8 Å². The van der Waals surface area contributed by atoms with Crippen molar-refractivity contribution >= 4 is 27.0 Å². The van der Waals surface area contributed by atoms with Crippen molar-refractivity contribution in [1.82, 2.24) is 14.5 Å². The van der Waals surface area contributed by atoms with Crippen molar-refractivity contribution in [2.75, 3.05) is 0 Å². The number of hydrogen-bond acceptors (Lipinski definition) is 2. The van der Waals surface area contributed by atoms with Crippen LogP contribution in [-0.2, 0) is 7.05 Å². The van der Waals surface area contributed by atoms with Crippen LogP contribution in [0.2, 0.25) is 0 Å². The van der Waals surface area contributed by atoms with Crippen LogP contribution in [0.1, 0.15) is 25.6 Å². The Hall–Kier alpha value is -0.900. The van der Waals surface area contributed by atoms with Gasteiger partial charge in [0.15, 0.2) is 0 Å². The van der Waals surface area contributed by atoms with E-state index in [-0.39, 0.29) is 0 Å². The molecule has 74 valence electrons. The van der Waals surface area contributed by atoms with E-state index >= 15 is 0 Å². The quantitative estimate of drug-likeness (QED) is 0.732. The first kappa shape index (κ1) is 9.65. The molecule has 0 saturated carbocycles. The average Bonchev–Trinajstić information content (AvgIpc) is 2.43. The van der Waals surface area contributed by atoms with Crippen LogP contribution in [0.4, 0.5) is 0 Å². The maximum atomic E-state index is 4.57. The third-order valence-electron chi connectivity index (χ3n) is 2.28. The summed E-state index contributed by atoms with van der Waals surface area (Å²) in [6, 6.07) is 1.95. The smallest absolute Gasteiger partial charge is 0.112 e. The molecule has 4 heteroatoms. The predicted molar refractivity (Wildman–Crippen MR) is 60.3 cm³/mol. The number of fused-ring (bicyclic) bond motifs is 1. The van der Waals surface area contributed by atoms with Crippen LogP contribution in [0.3, 0.4) is 0 Å². The summed E-state index contributed by atoms with van der Waals surface area (Å²) in [4.78, 5) is 8.76. The summed E-state index contributed by atoms with van der Waals surface area (Å²) in [5.74, 6) is 1.53. The second kappa shape index (κ2) is 3.35. The van der Waals surface area contributed by atoms with E-state index in [1.807, 2.05) is 19.3 Å². The third kappa shape index (κ3) is 1.43. The Balaban J connectivity index is 2.73. The first-order valence-electron chi connectivity index (χ1n) is 4.57. The van der Waals surface area contributed by atoms with Gasteiger partial charge < -0.3 is 4.57 Å². The topological polar surface area (TPSA) is 30.7 Å². The lowest BCUT2D eigenvalue weighted by Crippen LogP contribution is -1.99. The minimum absolute atomic E-state index is 0.436. The van der Waals surface area contributed by atoms with Crippen LogP contribution in [0.15, 0.2) is 16.9 Å². The highest BCUT2D eigenvalue weighted by Gasteiger charge is 2.10. The van der Waals surface area contributed by atoms with Gasteiger partial charge >= 0.3 is 0 Å². The van der Waals surface area contributed by atoms with Crippen LogP contribution < -0.4 is 0 Å². The first-order valence-corrected chi connectivity index (χ1v) is 5.36. The summed E-state index contributed by atoms with van der Waals surface area (Å²) in [6.45, 7) is 4.29. The Morgan fingerprint density at radius 3 is 2.79 bits per heavy atom. The Morgan fingerprint density at radius 2 is 2.14 bits per heavy atom. The molecule has 3 nitrogen and oxygen atoms in total. The van der Waals surface area contributed by atoms with Gasteiger partial charge in [-0.3, -0.25) is 0 Å². The highest BCUT2D eigenvalue weighted by atomic mass is 79.9. The molecule has 2 heterocycles. The molecule has 0 bridgehead atoms. The molecule has 0 amide bonds. The van der Waals surface area contributed by atoms with E-state index in [2.05, 4.69) is 44.3 Å². The molecule has 0 aliphatic carbocycles. The number of pyridine rings is 1. The molecule has 0 unspecified atom stereocenters. The summed E-state index contributed by atoms with van der Waals surface area (Å²) in [6.07, 6.45) is 1.85. The Morgan fingerprint density at radius 1 is 1.43 bits per heavy atom. The molecule has 0 aliphatic heterocycles. The molecule has 2 aromatic rings. The van der Waals surface area contributed by atoms with Gasteiger partial charge in [0.2, 0.25) is 0 Å². The zero-order chi connectivity index (χ0) is 10.3. The average molecular weight is 254 g/mol. The van der Waals surface area contributed by atoms with Gasteiger partial charge in [0.05, 0.1) is 17.2 Å². The van der Waals surface area contributed by atoms with E-state index in [0.717, 1.165) is 21.5 Å². The van der Waals surface area contributed by atoms with Crippen LogP contribution in [0.5, 0.6) is 0 Å². The Labute approximate surface area is 91.3 Å². The van der Waals surface area contributed by atoms with Gasteiger partial charge in [-0.05, 0) is 22.0 Å². The lowest BCUT2D eigenvalue weighted by molar-refractivity contribution is 0.722. The minimum Gasteiger partial charge on any atom is -0.330 e. The van der Waals surface area contributed by atoms with Gasteiger partial charge in [-0.1, -0.05) is 13.8 Å². The lowest BCUT2D eigenvalue weighted by Gasteiger charge is -2.03. The van der Waals surface area contributed by atoms with E-state index in [1.54, 1.807) is 0 Å². The van der Waals surface area contributed by atoms with Crippen LogP contribution in [0, 0.1) is 0 Å². The zero-order valence-corrected chi connectivity index (χ0v) is 10.0. The molecule has 0 saturated heterocycles. The van der Waals surface area contributed by atoms with Gasteiger partial charge in [-0.2, -0.15) is 0 Å². The van der Waals surface area contributed by atoms with Crippen molar-refractivity contribution in [3.8, 4) is 0 Å². The molecule has 0 spiro atoms. The fourth-order valence-electron chi connectivity index (χ4n) is 1.60. The molecular formula is C10H12BrN3. The standard InChI is InChI=1S/C10H12BrN3/c1-6(2)10-13-7-4-9(11)12-5-8(7)14(10)3/h4-6H,1-3H3. The normalized spacial score (nSPS) is 11.5. The molecule has 14 heavy (non-hydrogen) atoms. The minimum atomic E-state index is 0.436. The lowest BCUT2D eigenvalue weighted by atomic mass is 10.2. The Kier molecular flexibility index (Phi) is 2.31. The number of aryl methyl sites for hydroxylation is 1. The van der Waals surface area contributed by atoms with Crippen molar-refractivity contribution < 1.29 is 0 Å². The summed E-state index contributed by atoms with van der Waals surface area (Å²) >= 11 is 3.34. The largest absolute Gasteiger partial charge is 0.330 e. The van der Waals surface area contributed by atoms with Gasteiger partial charge in [0, 0.05) is 13.0 Å². The third-order valence-corrected chi connectivity index (χ3v) is 2.72. The molecule has 0 aromatic carbocycles. The number of hydrogen-bond donors (Lipinski definition) is 0. The summed E-state index contributed by atoms with van der Waals surface area (Å²) in [5, 5.41) is 0. The van der Waals surface area contributed by atoms with Crippen LogP contribution >= 0.6 is 15.9 Å². The molecule has 0 N–H and O–H groups in total. The van der Waals surface area contributed by atoms with Gasteiger partial charge in [0.25, 0.3) is 0 Å². The van der Waals surface area contributed by atoms with Gasteiger partial charge in [-0.15, -0.1) is 0 Å². The monoisotopic (exact) mass is 253 g/mol. The van der Waals surface area contributed by atoms with E-state index in [1.165, 1.54) is 0 Å². The summed E-state index contributed by atoms with van der Waals surface area (Å²) in [7, 11) is 2.03. The molecular weight excluding hydrogens is 242 g/mol. The molecule has 0 atom stereocenters. The molecule has 0 aliphatic rings. The fourth-order valence-corrected chi connectivity index (χ4v) is 1.92. The summed E-state index contributed by atoms with van der Waals surface area (Å²) < 4.78 is 2.93. The first-order chi connectivity index (χ1) is 6.59. The second-order valence-electron chi connectivity index (χ2n) is 3.68. The maximum absolute atomic E-state index is 4.57. The highest BCUT2D eigenvalue weighted by Crippen LogP contribution is 2.21. The SMILES string of the molecule is CC(C)c1nc2cc(Br)ncc2n1C. The van der Waals surface area contributed by atoms with E-state index in [9.17, 15) is 0 Å². The van der Waals surface area contributed by atoms with Crippen molar-refractivity contribution in [1.29, 1.82) is 0 Å². The van der Waals surface area contributed by atoms with E-state index in [0.29, 0.717) is 5.92 Å². The number of imidazole rings is 1. The second-order valence-corrected chi connectivity index (χ2v) is 4.49. The number of aromatic nitrogens is 3. The number of halogens is 1. The molecule has 0 fully saturated rings.